The van der Waals surface area contributed by atoms with Crippen LogP contribution in [0.25, 0.3) is 6.08 Å². The molecule has 0 saturated heterocycles. The number of benzene rings is 3. The minimum absolute atomic E-state index is 0.0129. The number of allylic oxidation sites excluding steroid dienone is 1. The molecule has 8 nitrogen and oxygen atoms in total. The predicted octanol–water partition coefficient (Wildman–Crippen LogP) is 4.94. The molecule has 2 amide bonds. The molecule has 0 aliphatic heterocycles. The number of amides is 2. The topological polar surface area (TPSA) is 116 Å². The van der Waals surface area contributed by atoms with Crippen LogP contribution in [0.5, 0.6) is 0 Å². The van der Waals surface area contributed by atoms with Gasteiger partial charge in [-0.1, -0.05) is 105 Å². The van der Waals surface area contributed by atoms with E-state index in [1.807, 2.05) is 50.3 Å². The molecule has 3 rings (SSSR count). The molecule has 0 saturated carbocycles. The molecular weight excluding hydrogens is 514 g/mol. The summed E-state index contributed by atoms with van der Waals surface area (Å²) in [6.07, 6.45) is 4.07. The van der Waals surface area contributed by atoms with Gasteiger partial charge in [-0.05, 0) is 42.0 Å². The highest BCUT2D eigenvalue weighted by molar-refractivity contribution is 7.92. The second kappa shape index (κ2) is 14.3. The summed E-state index contributed by atoms with van der Waals surface area (Å²) in [5, 5.41) is 9.48. The van der Waals surface area contributed by atoms with E-state index >= 15 is 0 Å². The summed E-state index contributed by atoms with van der Waals surface area (Å²) in [5.41, 5.74) is 6.02. The minimum atomic E-state index is -4.05. The lowest BCUT2D eigenvalue weighted by Crippen LogP contribution is -2.51. The number of hydrogen-bond acceptors (Lipinski definition) is 5. The Morgan fingerprint density at radius 3 is 1.97 bits per heavy atom. The van der Waals surface area contributed by atoms with Gasteiger partial charge in [0.1, 0.15) is 0 Å². The van der Waals surface area contributed by atoms with Crippen molar-refractivity contribution in [3.63, 3.8) is 0 Å². The van der Waals surface area contributed by atoms with Gasteiger partial charge < -0.3 is 0 Å². The fourth-order valence-corrected chi connectivity index (χ4v) is 5.72. The van der Waals surface area contributed by atoms with E-state index < -0.39 is 33.7 Å². The van der Waals surface area contributed by atoms with Gasteiger partial charge in [-0.25, -0.2) is 13.9 Å². The third-order valence-corrected chi connectivity index (χ3v) is 7.72. The smallest absolute Gasteiger partial charge is 0.256 e. The van der Waals surface area contributed by atoms with E-state index in [0.717, 1.165) is 9.98 Å². The summed E-state index contributed by atoms with van der Waals surface area (Å²) in [4.78, 5) is 26.5. The number of nitrogens with one attached hydrogen (secondary N) is 2. The van der Waals surface area contributed by atoms with Crippen molar-refractivity contribution in [3.05, 3.63) is 108 Å². The Morgan fingerprint density at radius 2 is 1.41 bits per heavy atom. The van der Waals surface area contributed by atoms with E-state index in [9.17, 15) is 23.2 Å². The molecule has 39 heavy (non-hydrogen) atoms. The highest BCUT2D eigenvalue weighted by atomic mass is 32.2. The molecule has 0 bridgehead atoms. The van der Waals surface area contributed by atoms with Gasteiger partial charge in [0.25, 0.3) is 10.0 Å². The van der Waals surface area contributed by atoms with Gasteiger partial charge in [0.15, 0.2) is 0 Å². The van der Waals surface area contributed by atoms with Crippen LogP contribution in [0.4, 0.5) is 5.69 Å². The first-order valence-corrected chi connectivity index (χ1v) is 14.4. The zero-order valence-electron chi connectivity index (χ0n) is 22.1. The lowest BCUT2D eigenvalue weighted by molar-refractivity contribution is -0.140. The van der Waals surface area contributed by atoms with Crippen LogP contribution in [0.2, 0.25) is 0 Å². The maximum Gasteiger partial charge on any atom is 0.256 e. The van der Waals surface area contributed by atoms with Crippen molar-refractivity contribution in [2.45, 2.75) is 32.4 Å². The van der Waals surface area contributed by atoms with Crippen LogP contribution in [-0.2, 0) is 25.4 Å². The van der Waals surface area contributed by atoms with Crippen LogP contribution in [0, 0.1) is 17.8 Å². The SMILES string of the molecule is CC(C)C[C@H](C(=O)NN(c1ccccc1)S(=O)(=O)Cc1ccccc1)[C@H](CC=Cc1ccccc1)C(=O)NO. The van der Waals surface area contributed by atoms with Gasteiger partial charge >= 0.3 is 0 Å². The zero-order chi connectivity index (χ0) is 28.3. The standard InChI is InChI=1S/C30H35N3O5S/c1-23(2)21-28(27(30(35)32-36)20-12-17-24-13-6-3-7-14-24)29(34)31-33(26-18-10-5-11-19-26)39(37,38)22-25-15-8-4-9-16-25/h3-19,23,27-28,36H,20-22H2,1-2H3,(H,31,34)(H,32,35)/t27-,28-/m0/s1. The molecule has 0 aromatic heterocycles. The fraction of sp³-hybridized carbons (Fsp3) is 0.267. The van der Waals surface area contributed by atoms with E-state index in [1.54, 1.807) is 72.2 Å². The van der Waals surface area contributed by atoms with Crippen LogP contribution >= 0.6 is 0 Å². The Balaban J connectivity index is 1.92. The molecule has 0 aliphatic carbocycles. The van der Waals surface area contributed by atoms with Crippen LogP contribution in [-0.4, -0.2) is 25.4 Å². The van der Waals surface area contributed by atoms with Crippen molar-refractivity contribution in [2.24, 2.45) is 17.8 Å². The lowest BCUT2D eigenvalue weighted by Gasteiger charge is -2.30. The van der Waals surface area contributed by atoms with Crippen molar-refractivity contribution in [1.82, 2.24) is 10.9 Å². The molecule has 0 unspecified atom stereocenters. The van der Waals surface area contributed by atoms with Gasteiger partial charge in [0, 0.05) is 0 Å². The van der Waals surface area contributed by atoms with E-state index in [0.29, 0.717) is 12.0 Å². The first-order chi connectivity index (χ1) is 18.7. The summed E-state index contributed by atoms with van der Waals surface area (Å²) in [7, 11) is -4.05. The van der Waals surface area contributed by atoms with E-state index in [-0.39, 0.29) is 23.8 Å². The monoisotopic (exact) mass is 549 g/mol. The number of carbonyl (C=O) groups is 2. The van der Waals surface area contributed by atoms with Crippen LogP contribution in [0.15, 0.2) is 97.1 Å². The summed E-state index contributed by atoms with van der Waals surface area (Å²) in [6.45, 7) is 3.82. The maximum absolute atomic E-state index is 13.8. The molecule has 0 fully saturated rings. The van der Waals surface area contributed by atoms with Gasteiger partial charge in [0.05, 0.1) is 23.3 Å². The third kappa shape index (κ3) is 8.80. The average molecular weight is 550 g/mol. The Bertz CT molecular complexity index is 1330. The van der Waals surface area contributed by atoms with Crippen molar-refractivity contribution in [1.29, 1.82) is 0 Å². The van der Waals surface area contributed by atoms with Crippen molar-refractivity contribution in [2.75, 3.05) is 4.41 Å². The summed E-state index contributed by atoms with van der Waals surface area (Å²) < 4.78 is 28.0. The third-order valence-electron chi connectivity index (χ3n) is 6.17. The molecule has 0 spiro atoms. The molecule has 0 heterocycles. The number of hydrazine groups is 1. The summed E-state index contributed by atoms with van der Waals surface area (Å²) in [5.74, 6) is -3.53. The Kier molecular flexibility index (Phi) is 10.8. The fourth-order valence-electron chi connectivity index (χ4n) is 4.30. The highest BCUT2D eigenvalue weighted by Gasteiger charge is 2.36. The second-order valence-electron chi connectivity index (χ2n) is 9.69. The van der Waals surface area contributed by atoms with Crippen molar-refractivity contribution in [3.8, 4) is 0 Å². The summed E-state index contributed by atoms with van der Waals surface area (Å²) >= 11 is 0. The van der Waals surface area contributed by atoms with Crippen LogP contribution in [0.3, 0.4) is 0 Å². The molecule has 0 radical (unpaired) electrons. The molecule has 3 aromatic carbocycles. The van der Waals surface area contributed by atoms with Crippen LogP contribution < -0.4 is 15.3 Å². The predicted molar refractivity (Wildman–Crippen MR) is 153 cm³/mol. The quantitative estimate of drug-likeness (QED) is 0.206. The molecule has 2 atom stereocenters. The Morgan fingerprint density at radius 1 is 0.846 bits per heavy atom. The molecule has 9 heteroatoms. The Hall–Kier alpha value is -3.95. The van der Waals surface area contributed by atoms with E-state index in [4.69, 9.17) is 0 Å². The number of hydrogen-bond donors (Lipinski definition) is 3. The van der Waals surface area contributed by atoms with Gasteiger partial charge in [0.2, 0.25) is 11.8 Å². The molecule has 206 valence electrons. The molecule has 3 N–H and O–H groups in total. The van der Waals surface area contributed by atoms with Gasteiger partial charge in [-0.3, -0.25) is 20.2 Å². The average Bonchev–Trinajstić information content (AvgIpc) is 2.93. The first kappa shape index (κ1) is 29.6. The molecule has 0 aliphatic rings. The Labute approximate surface area is 230 Å². The van der Waals surface area contributed by atoms with Crippen molar-refractivity contribution >= 4 is 33.6 Å². The lowest BCUT2D eigenvalue weighted by atomic mass is 9.82. The van der Waals surface area contributed by atoms with Gasteiger partial charge in [-0.15, -0.1) is 0 Å². The largest absolute Gasteiger partial charge is 0.289 e. The number of para-hydroxylation sites is 1. The molecule has 3 aromatic rings. The number of carbonyl (C=O) groups excluding carboxylic acids is 2. The number of anilines is 1. The van der Waals surface area contributed by atoms with Gasteiger partial charge in [-0.2, -0.15) is 4.41 Å². The number of sulfonamides is 1. The second-order valence-corrected chi connectivity index (χ2v) is 11.5. The van der Waals surface area contributed by atoms with Crippen LogP contribution in [0.1, 0.15) is 37.8 Å². The number of rotatable bonds is 13. The highest BCUT2D eigenvalue weighted by Crippen LogP contribution is 2.27. The number of hydroxylamine groups is 1. The normalized spacial score (nSPS) is 13.1. The maximum atomic E-state index is 13.8. The number of nitrogens with zero attached hydrogens (tertiary/aromatic N) is 1. The van der Waals surface area contributed by atoms with E-state index in [1.165, 1.54) is 0 Å². The zero-order valence-corrected chi connectivity index (χ0v) is 22.9. The first-order valence-electron chi connectivity index (χ1n) is 12.8. The van der Waals surface area contributed by atoms with E-state index in [2.05, 4.69) is 5.43 Å². The van der Waals surface area contributed by atoms with Crippen molar-refractivity contribution < 1.29 is 23.2 Å². The molecular formula is C30H35N3O5S. The minimum Gasteiger partial charge on any atom is -0.289 e. The summed E-state index contributed by atoms with van der Waals surface area (Å²) in [6, 6.07) is 26.4.